The van der Waals surface area contributed by atoms with Gasteiger partial charge in [0.05, 0.1) is 4.90 Å². The molecule has 0 saturated heterocycles. The van der Waals surface area contributed by atoms with E-state index < -0.39 is 10.0 Å². The minimum absolute atomic E-state index is 0.190. The molecule has 1 heterocycles. The maximum atomic E-state index is 12.6. The van der Waals surface area contributed by atoms with Crippen molar-refractivity contribution in [2.24, 2.45) is 0 Å². The maximum Gasteiger partial charge on any atom is 0.241 e. The molecule has 2 aromatic carbocycles. The highest BCUT2D eigenvalue weighted by Crippen LogP contribution is 2.22. The lowest BCUT2D eigenvalue weighted by atomic mass is 10.0. The zero-order valence-corrected chi connectivity index (χ0v) is 15.7. The first kappa shape index (κ1) is 18.4. The zero-order chi connectivity index (χ0) is 18.6. The van der Waals surface area contributed by atoms with Crippen LogP contribution in [-0.4, -0.2) is 26.6 Å². The Hall–Kier alpha value is -2.44. The Balaban J connectivity index is 1.62. The van der Waals surface area contributed by atoms with Crippen LogP contribution in [0.5, 0.6) is 5.75 Å². The molecule has 0 aliphatic heterocycles. The van der Waals surface area contributed by atoms with E-state index in [2.05, 4.69) is 23.6 Å². The van der Waals surface area contributed by atoms with Gasteiger partial charge in [0.25, 0.3) is 0 Å². The fraction of sp³-hybridized carbons (Fsp3) is 0.250. The molecule has 0 fully saturated rings. The standard InChI is InChI=1S/C20H22N2O3S/c1-15(2)16-6-8-18(9-7-16)25-13-12-22-26(23,24)20-5-3-4-17-14-21-11-10-19(17)20/h3-11,14-15,22H,12-13H2,1-2H3. The Morgan fingerprint density at radius 3 is 2.58 bits per heavy atom. The van der Waals surface area contributed by atoms with Gasteiger partial charge in [0, 0.05) is 29.7 Å². The topological polar surface area (TPSA) is 68.3 Å². The number of hydrogen-bond acceptors (Lipinski definition) is 4. The summed E-state index contributed by atoms with van der Waals surface area (Å²) in [6.07, 6.45) is 3.24. The van der Waals surface area contributed by atoms with Crippen molar-refractivity contribution in [2.75, 3.05) is 13.2 Å². The maximum absolute atomic E-state index is 12.6. The third-order valence-corrected chi connectivity index (χ3v) is 5.66. The average Bonchev–Trinajstić information content (AvgIpc) is 2.65. The van der Waals surface area contributed by atoms with E-state index in [9.17, 15) is 8.42 Å². The molecule has 1 N–H and O–H groups in total. The van der Waals surface area contributed by atoms with Crippen molar-refractivity contribution in [3.05, 3.63) is 66.5 Å². The van der Waals surface area contributed by atoms with Crippen LogP contribution in [0, 0.1) is 0 Å². The first-order valence-corrected chi connectivity index (χ1v) is 10.0. The third-order valence-electron chi connectivity index (χ3n) is 4.14. The number of sulfonamides is 1. The molecule has 1 aromatic heterocycles. The largest absolute Gasteiger partial charge is 0.492 e. The minimum Gasteiger partial charge on any atom is -0.492 e. The van der Waals surface area contributed by atoms with Gasteiger partial charge in [0.1, 0.15) is 12.4 Å². The van der Waals surface area contributed by atoms with Gasteiger partial charge in [-0.2, -0.15) is 0 Å². The van der Waals surface area contributed by atoms with E-state index in [4.69, 9.17) is 4.74 Å². The fourth-order valence-corrected chi connectivity index (χ4v) is 3.94. The number of aromatic nitrogens is 1. The summed E-state index contributed by atoms with van der Waals surface area (Å²) in [6, 6.07) is 14.7. The number of ether oxygens (including phenoxy) is 1. The molecule has 0 saturated carbocycles. The zero-order valence-electron chi connectivity index (χ0n) is 14.8. The monoisotopic (exact) mass is 370 g/mol. The summed E-state index contributed by atoms with van der Waals surface area (Å²) in [5, 5.41) is 1.44. The van der Waals surface area contributed by atoms with E-state index in [1.165, 1.54) is 5.56 Å². The van der Waals surface area contributed by atoms with Gasteiger partial charge < -0.3 is 4.74 Å². The van der Waals surface area contributed by atoms with Crippen LogP contribution in [-0.2, 0) is 10.0 Å². The van der Waals surface area contributed by atoms with Crippen LogP contribution in [0.2, 0.25) is 0 Å². The quantitative estimate of drug-likeness (QED) is 0.644. The van der Waals surface area contributed by atoms with Crippen molar-refractivity contribution < 1.29 is 13.2 Å². The van der Waals surface area contributed by atoms with Gasteiger partial charge in [-0.15, -0.1) is 0 Å². The lowest BCUT2D eigenvalue weighted by Crippen LogP contribution is -2.28. The van der Waals surface area contributed by atoms with Gasteiger partial charge in [-0.3, -0.25) is 4.98 Å². The number of rotatable bonds is 7. The average molecular weight is 370 g/mol. The summed E-state index contributed by atoms with van der Waals surface area (Å²) in [6.45, 7) is 4.71. The summed E-state index contributed by atoms with van der Waals surface area (Å²) in [7, 11) is -3.62. The molecule has 26 heavy (non-hydrogen) atoms. The van der Waals surface area contributed by atoms with Gasteiger partial charge in [-0.05, 0) is 35.7 Å². The van der Waals surface area contributed by atoms with Crippen LogP contribution < -0.4 is 9.46 Å². The Labute approximate surface area is 154 Å². The van der Waals surface area contributed by atoms with Crippen molar-refractivity contribution in [1.29, 1.82) is 0 Å². The second-order valence-electron chi connectivity index (χ2n) is 6.32. The van der Waals surface area contributed by atoms with Crippen molar-refractivity contribution in [2.45, 2.75) is 24.7 Å². The first-order chi connectivity index (χ1) is 12.5. The second kappa shape index (κ2) is 7.85. The van der Waals surface area contributed by atoms with Crippen molar-refractivity contribution in [1.82, 2.24) is 9.71 Å². The Kier molecular flexibility index (Phi) is 5.54. The molecular formula is C20H22N2O3S. The second-order valence-corrected chi connectivity index (χ2v) is 8.06. The molecule has 136 valence electrons. The van der Waals surface area contributed by atoms with Gasteiger partial charge in [0.15, 0.2) is 0 Å². The molecule has 0 radical (unpaired) electrons. The van der Waals surface area contributed by atoms with Gasteiger partial charge in [-0.1, -0.05) is 38.1 Å². The molecule has 5 nitrogen and oxygen atoms in total. The molecule has 3 aromatic rings. The summed E-state index contributed by atoms with van der Waals surface area (Å²) in [5.41, 5.74) is 1.24. The SMILES string of the molecule is CC(C)c1ccc(OCCNS(=O)(=O)c2cccc3cnccc23)cc1. The fourth-order valence-electron chi connectivity index (χ4n) is 2.70. The highest BCUT2D eigenvalue weighted by molar-refractivity contribution is 7.89. The Bertz CT molecular complexity index is 978. The van der Waals surface area contributed by atoms with Gasteiger partial charge in [-0.25, -0.2) is 13.1 Å². The third kappa shape index (κ3) is 4.20. The molecule has 0 spiro atoms. The molecule has 0 atom stereocenters. The van der Waals surface area contributed by atoms with E-state index in [0.717, 1.165) is 11.1 Å². The number of benzene rings is 2. The number of nitrogens with one attached hydrogen (secondary N) is 1. The Morgan fingerprint density at radius 2 is 1.85 bits per heavy atom. The molecule has 3 rings (SSSR count). The van der Waals surface area contributed by atoms with E-state index in [-0.39, 0.29) is 18.0 Å². The number of hydrogen-bond donors (Lipinski definition) is 1. The Morgan fingerprint density at radius 1 is 1.08 bits per heavy atom. The minimum atomic E-state index is -3.62. The highest BCUT2D eigenvalue weighted by atomic mass is 32.2. The van der Waals surface area contributed by atoms with E-state index >= 15 is 0 Å². The molecule has 0 aliphatic carbocycles. The predicted molar refractivity (Wildman–Crippen MR) is 103 cm³/mol. The summed E-state index contributed by atoms with van der Waals surface area (Å²) < 4.78 is 33.4. The molecule has 6 heteroatoms. The number of pyridine rings is 1. The van der Waals surface area contributed by atoms with E-state index in [1.54, 1.807) is 30.6 Å². The first-order valence-electron chi connectivity index (χ1n) is 8.52. The summed E-state index contributed by atoms with van der Waals surface area (Å²) in [4.78, 5) is 4.28. The smallest absolute Gasteiger partial charge is 0.241 e. The molecular weight excluding hydrogens is 348 g/mol. The number of nitrogens with zero attached hydrogens (tertiary/aromatic N) is 1. The van der Waals surface area contributed by atoms with Crippen molar-refractivity contribution in [3.63, 3.8) is 0 Å². The summed E-state index contributed by atoms with van der Waals surface area (Å²) in [5.74, 6) is 1.19. The normalized spacial score (nSPS) is 11.8. The van der Waals surface area contributed by atoms with Gasteiger partial charge in [0.2, 0.25) is 10.0 Å². The van der Waals surface area contributed by atoms with Crippen LogP contribution in [0.15, 0.2) is 65.8 Å². The molecule has 0 aliphatic rings. The van der Waals surface area contributed by atoms with Crippen molar-refractivity contribution in [3.8, 4) is 5.75 Å². The van der Waals surface area contributed by atoms with Crippen LogP contribution in [0.25, 0.3) is 10.8 Å². The predicted octanol–water partition coefficient (Wildman–Crippen LogP) is 3.72. The highest BCUT2D eigenvalue weighted by Gasteiger charge is 2.16. The van der Waals surface area contributed by atoms with E-state index in [0.29, 0.717) is 11.3 Å². The van der Waals surface area contributed by atoms with Crippen LogP contribution >= 0.6 is 0 Å². The molecule has 0 amide bonds. The van der Waals surface area contributed by atoms with Crippen LogP contribution in [0.4, 0.5) is 0 Å². The lowest BCUT2D eigenvalue weighted by molar-refractivity contribution is 0.322. The van der Waals surface area contributed by atoms with Crippen LogP contribution in [0.3, 0.4) is 0 Å². The van der Waals surface area contributed by atoms with Crippen molar-refractivity contribution >= 4 is 20.8 Å². The molecule has 0 unspecified atom stereocenters. The van der Waals surface area contributed by atoms with Crippen LogP contribution in [0.1, 0.15) is 25.3 Å². The summed E-state index contributed by atoms with van der Waals surface area (Å²) >= 11 is 0. The number of fused-ring (bicyclic) bond motifs is 1. The molecule has 0 bridgehead atoms. The lowest BCUT2D eigenvalue weighted by Gasteiger charge is -2.11. The van der Waals surface area contributed by atoms with Gasteiger partial charge >= 0.3 is 0 Å². The van der Waals surface area contributed by atoms with E-state index in [1.807, 2.05) is 30.3 Å².